The number of likely N-dealkylation sites (N-methyl/N-ethyl adjacent to an activating group) is 1. The van der Waals surface area contributed by atoms with Crippen LogP contribution in [-0.4, -0.2) is 22.7 Å². The Kier molecular flexibility index (Phi) is 4.69. The number of nitrogens with zero attached hydrogens (tertiary/aromatic N) is 1. The fourth-order valence-corrected chi connectivity index (χ4v) is 4.17. The predicted molar refractivity (Wildman–Crippen MR) is 108 cm³/mol. The molecule has 0 saturated heterocycles. The van der Waals surface area contributed by atoms with Gasteiger partial charge in [0, 0.05) is 34.1 Å². The number of aromatic nitrogens is 1. The van der Waals surface area contributed by atoms with Crippen molar-refractivity contribution in [2.45, 2.75) is 12.6 Å². The number of benzene rings is 2. The van der Waals surface area contributed by atoms with Gasteiger partial charge >= 0.3 is 0 Å². The van der Waals surface area contributed by atoms with Gasteiger partial charge in [0.15, 0.2) is 5.78 Å². The minimum atomic E-state index is -0.322. The van der Waals surface area contributed by atoms with Crippen LogP contribution in [-0.2, 0) is 6.54 Å². The van der Waals surface area contributed by atoms with Gasteiger partial charge in [-0.2, -0.15) is 0 Å². The number of carbonyl (C=O) groups excluding carboxylic acids is 1. The largest absolute Gasteiger partial charge is 0.360 e. The van der Waals surface area contributed by atoms with Crippen molar-refractivity contribution < 1.29 is 4.79 Å². The van der Waals surface area contributed by atoms with E-state index in [0.29, 0.717) is 0 Å². The first-order valence-electron chi connectivity index (χ1n) is 8.62. The lowest BCUT2D eigenvalue weighted by molar-refractivity contribution is 0.0846. The van der Waals surface area contributed by atoms with E-state index in [-0.39, 0.29) is 11.8 Å². The SMILES string of the molecule is CN(Cc1cccs1)C(C(=O)c1c[nH]c2ccccc12)c1ccccc1. The molecule has 4 aromatic rings. The molecule has 4 rings (SSSR count). The van der Waals surface area contributed by atoms with E-state index < -0.39 is 0 Å². The Morgan fingerprint density at radius 2 is 1.81 bits per heavy atom. The molecule has 0 aliphatic rings. The van der Waals surface area contributed by atoms with E-state index in [1.165, 1.54) is 4.88 Å². The van der Waals surface area contributed by atoms with Crippen LogP contribution in [0.3, 0.4) is 0 Å². The highest BCUT2D eigenvalue weighted by Crippen LogP contribution is 2.29. The summed E-state index contributed by atoms with van der Waals surface area (Å²) in [7, 11) is 2.02. The Labute approximate surface area is 156 Å². The summed E-state index contributed by atoms with van der Waals surface area (Å²) in [5.74, 6) is 0.118. The van der Waals surface area contributed by atoms with Gasteiger partial charge in [0.25, 0.3) is 0 Å². The molecule has 130 valence electrons. The van der Waals surface area contributed by atoms with Crippen LogP contribution in [0.5, 0.6) is 0 Å². The van der Waals surface area contributed by atoms with Gasteiger partial charge in [-0.25, -0.2) is 0 Å². The molecule has 0 radical (unpaired) electrons. The first kappa shape index (κ1) is 16.8. The molecule has 0 spiro atoms. The van der Waals surface area contributed by atoms with Crippen molar-refractivity contribution in [2.24, 2.45) is 0 Å². The molecular weight excluding hydrogens is 340 g/mol. The van der Waals surface area contributed by atoms with E-state index >= 15 is 0 Å². The van der Waals surface area contributed by atoms with Crippen molar-refractivity contribution in [2.75, 3.05) is 7.05 Å². The normalized spacial score (nSPS) is 12.5. The summed E-state index contributed by atoms with van der Waals surface area (Å²) in [4.78, 5) is 20.1. The van der Waals surface area contributed by atoms with Crippen molar-refractivity contribution in [3.05, 3.63) is 94.3 Å². The quantitative estimate of drug-likeness (QED) is 0.475. The highest BCUT2D eigenvalue weighted by Gasteiger charge is 2.28. The maximum atomic E-state index is 13.5. The Bertz CT molecular complexity index is 1010. The molecule has 1 atom stereocenters. The number of Topliss-reactive ketones (excluding diaryl/α,β-unsaturated/α-hetero) is 1. The van der Waals surface area contributed by atoms with Crippen LogP contribution >= 0.6 is 11.3 Å². The van der Waals surface area contributed by atoms with Crippen molar-refractivity contribution in [1.29, 1.82) is 0 Å². The zero-order valence-electron chi connectivity index (χ0n) is 14.6. The number of fused-ring (bicyclic) bond motifs is 1. The summed E-state index contributed by atoms with van der Waals surface area (Å²) in [6, 6.07) is 21.8. The third-order valence-corrected chi connectivity index (χ3v) is 5.51. The highest BCUT2D eigenvalue weighted by molar-refractivity contribution is 7.09. The predicted octanol–water partition coefficient (Wildman–Crippen LogP) is 5.29. The number of hydrogen-bond donors (Lipinski definition) is 1. The average molecular weight is 360 g/mol. The molecule has 0 saturated carbocycles. The summed E-state index contributed by atoms with van der Waals surface area (Å²) in [5.41, 5.74) is 2.75. The van der Waals surface area contributed by atoms with Gasteiger partial charge in [-0.1, -0.05) is 54.6 Å². The molecule has 0 bridgehead atoms. The molecule has 2 heterocycles. The molecule has 0 fully saturated rings. The van der Waals surface area contributed by atoms with E-state index in [9.17, 15) is 4.79 Å². The van der Waals surface area contributed by atoms with Gasteiger partial charge in [0.2, 0.25) is 0 Å². The van der Waals surface area contributed by atoms with Gasteiger partial charge in [0.05, 0.1) is 6.04 Å². The Morgan fingerprint density at radius 3 is 2.58 bits per heavy atom. The number of ketones is 1. The van der Waals surface area contributed by atoms with E-state index in [1.807, 2.05) is 73.9 Å². The number of hydrogen-bond acceptors (Lipinski definition) is 3. The smallest absolute Gasteiger partial charge is 0.186 e. The fourth-order valence-electron chi connectivity index (χ4n) is 3.40. The number of rotatable bonds is 6. The zero-order chi connectivity index (χ0) is 17.9. The van der Waals surface area contributed by atoms with Crippen molar-refractivity contribution in [3.8, 4) is 0 Å². The standard InChI is InChI=1S/C22H20N2OS/c1-24(15-17-10-7-13-26-17)21(16-8-3-2-4-9-16)22(25)19-14-23-20-12-6-5-11-18(19)20/h2-14,21,23H,15H2,1H3. The lowest BCUT2D eigenvalue weighted by atomic mass is 9.96. The zero-order valence-corrected chi connectivity index (χ0v) is 15.4. The lowest BCUT2D eigenvalue weighted by Gasteiger charge is -2.27. The monoisotopic (exact) mass is 360 g/mol. The van der Waals surface area contributed by atoms with E-state index in [0.717, 1.165) is 28.6 Å². The summed E-state index contributed by atoms with van der Waals surface area (Å²) < 4.78 is 0. The fraction of sp³-hybridized carbons (Fsp3) is 0.136. The summed E-state index contributed by atoms with van der Waals surface area (Å²) in [5, 5.41) is 3.05. The second-order valence-corrected chi connectivity index (χ2v) is 7.45. The molecule has 0 aliphatic heterocycles. The Balaban J connectivity index is 1.73. The molecule has 0 amide bonds. The van der Waals surface area contributed by atoms with Crippen LogP contribution in [0.2, 0.25) is 0 Å². The molecule has 0 aliphatic carbocycles. The number of nitrogens with one attached hydrogen (secondary N) is 1. The molecule has 1 N–H and O–H groups in total. The molecule has 1 unspecified atom stereocenters. The minimum absolute atomic E-state index is 0.118. The number of carbonyl (C=O) groups is 1. The van der Waals surface area contributed by atoms with Crippen LogP contribution in [0.4, 0.5) is 0 Å². The maximum absolute atomic E-state index is 13.5. The van der Waals surface area contributed by atoms with E-state index in [2.05, 4.69) is 21.3 Å². The number of aromatic amines is 1. The Hall–Kier alpha value is -2.69. The molecule has 4 heteroatoms. The van der Waals surface area contributed by atoms with Crippen molar-refractivity contribution in [3.63, 3.8) is 0 Å². The van der Waals surface area contributed by atoms with Crippen LogP contribution < -0.4 is 0 Å². The van der Waals surface area contributed by atoms with Gasteiger partial charge in [-0.05, 0) is 30.1 Å². The summed E-state index contributed by atoms with van der Waals surface area (Å²) >= 11 is 1.72. The van der Waals surface area contributed by atoms with Gasteiger partial charge in [-0.3, -0.25) is 9.69 Å². The van der Waals surface area contributed by atoms with Crippen LogP contribution in [0.15, 0.2) is 78.3 Å². The third kappa shape index (κ3) is 3.21. The third-order valence-electron chi connectivity index (χ3n) is 4.64. The molecule has 2 aromatic heterocycles. The first-order valence-corrected chi connectivity index (χ1v) is 9.50. The topological polar surface area (TPSA) is 36.1 Å². The molecule has 2 aromatic carbocycles. The van der Waals surface area contributed by atoms with Crippen LogP contribution in [0, 0.1) is 0 Å². The van der Waals surface area contributed by atoms with Crippen LogP contribution in [0.1, 0.15) is 26.8 Å². The van der Waals surface area contributed by atoms with Gasteiger partial charge in [-0.15, -0.1) is 11.3 Å². The second-order valence-electron chi connectivity index (χ2n) is 6.42. The number of para-hydroxylation sites is 1. The van der Waals surface area contributed by atoms with Gasteiger partial charge < -0.3 is 4.98 Å². The average Bonchev–Trinajstić information content (AvgIpc) is 3.32. The maximum Gasteiger partial charge on any atom is 0.186 e. The van der Waals surface area contributed by atoms with Crippen LogP contribution in [0.25, 0.3) is 10.9 Å². The second kappa shape index (κ2) is 7.28. The number of thiophene rings is 1. The summed E-state index contributed by atoms with van der Waals surface area (Å²) in [6.07, 6.45) is 1.84. The lowest BCUT2D eigenvalue weighted by Crippen LogP contribution is -2.30. The molecule has 26 heavy (non-hydrogen) atoms. The van der Waals surface area contributed by atoms with Crippen molar-refractivity contribution in [1.82, 2.24) is 9.88 Å². The first-order chi connectivity index (χ1) is 12.7. The molecule has 3 nitrogen and oxygen atoms in total. The molecular formula is C22H20N2OS. The minimum Gasteiger partial charge on any atom is -0.360 e. The summed E-state index contributed by atoms with van der Waals surface area (Å²) in [6.45, 7) is 0.741. The van der Waals surface area contributed by atoms with E-state index in [4.69, 9.17) is 0 Å². The Morgan fingerprint density at radius 1 is 1.04 bits per heavy atom. The highest BCUT2D eigenvalue weighted by atomic mass is 32.1. The number of H-pyrrole nitrogens is 1. The van der Waals surface area contributed by atoms with Gasteiger partial charge in [0.1, 0.15) is 0 Å². The van der Waals surface area contributed by atoms with E-state index in [1.54, 1.807) is 11.3 Å². The van der Waals surface area contributed by atoms with Crippen molar-refractivity contribution >= 4 is 28.0 Å².